The fraction of sp³-hybridized carbons (Fsp3) is 0.400. The number of aromatic amines is 1. The molecule has 10 bridgehead atoms. The molecule has 234 valence electrons. The van der Waals surface area contributed by atoms with Crippen LogP contribution < -0.4 is 0 Å². The van der Waals surface area contributed by atoms with Crippen LogP contribution in [0.25, 0.3) is 55.7 Å². The summed E-state index contributed by atoms with van der Waals surface area (Å²) in [7, 11) is 0. The van der Waals surface area contributed by atoms with Gasteiger partial charge in [0.1, 0.15) is 11.2 Å². The molecule has 2 aliphatic rings. The van der Waals surface area contributed by atoms with Crippen LogP contribution in [-0.4, -0.2) is 15.0 Å². The van der Waals surface area contributed by atoms with Crippen LogP contribution in [0.4, 0.5) is 0 Å². The molecule has 0 amide bonds. The number of aryl methyl sites for hydroxylation is 6. The summed E-state index contributed by atoms with van der Waals surface area (Å²) in [6, 6.07) is 8.79. The molecule has 4 aromatic heterocycles. The first kappa shape index (κ1) is 30.9. The van der Waals surface area contributed by atoms with Crippen molar-refractivity contribution >= 4 is 55.7 Å². The number of nitrogens with one attached hydrogen (secondary N) is 1. The summed E-state index contributed by atoms with van der Waals surface area (Å²) in [5.41, 5.74) is 21.9. The molecule has 45 heavy (non-hydrogen) atoms. The minimum absolute atomic E-state index is 0.814. The third-order valence-electron chi connectivity index (χ3n) is 10.1. The molecule has 0 radical (unpaired) electrons. The van der Waals surface area contributed by atoms with Gasteiger partial charge in [0.2, 0.25) is 0 Å². The van der Waals surface area contributed by atoms with E-state index < -0.39 is 0 Å². The van der Waals surface area contributed by atoms with E-state index >= 15 is 0 Å². The molecule has 0 spiro atoms. The molecule has 5 heteroatoms. The molecule has 6 rings (SSSR count). The highest BCUT2D eigenvalue weighted by molar-refractivity contribution is 5.96. The molecule has 4 aromatic rings. The number of hydrogen-bond acceptors (Lipinski definition) is 4. The van der Waals surface area contributed by atoms with Crippen molar-refractivity contribution in [2.24, 2.45) is 0 Å². The topological polar surface area (TPSA) is 67.8 Å². The Morgan fingerprint density at radius 3 is 1.51 bits per heavy atom. The second kappa shape index (κ2) is 12.0. The summed E-state index contributed by atoms with van der Waals surface area (Å²) in [6.07, 6.45) is 5.41. The van der Waals surface area contributed by atoms with E-state index in [0.717, 1.165) is 106 Å². The zero-order chi connectivity index (χ0) is 32.2. The Kier molecular flexibility index (Phi) is 8.24. The van der Waals surface area contributed by atoms with Gasteiger partial charge in [0.25, 0.3) is 0 Å². The summed E-state index contributed by atoms with van der Waals surface area (Å²) in [5.74, 6) is 0. The van der Waals surface area contributed by atoms with Crippen molar-refractivity contribution in [3.63, 3.8) is 0 Å². The van der Waals surface area contributed by atoms with E-state index in [0.29, 0.717) is 0 Å². The van der Waals surface area contributed by atoms with Crippen LogP contribution in [-0.2, 0) is 19.3 Å². The molecule has 2 aliphatic heterocycles. The number of aromatic nitrogens is 3. The van der Waals surface area contributed by atoms with Crippen LogP contribution in [0.1, 0.15) is 124 Å². The summed E-state index contributed by atoms with van der Waals surface area (Å²) >= 11 is 0. The summed E-state index contributed by atoms with van der Waals surface area (Å²) < 4.78 is 13.4. The van der Waals surface area contributed by atoms with Gasteiger partial charge in [0.15, 0.2) is 11.2 Å². The van der Waals surface area contributed by atoms with Gasteiger partial charge in [0.05, 0.1) is 22.8 Å². The lowest BCUT2D eigenvalue weighted by Crippen LogP contribution is -1.85. The molecule has 0 saturated carbocycles. The van der Waals surface area contributed by atoms with Gasteiger partial charge in [-0.15, -0.1) is 0 Å². The maximum Gasteiger partial charge on any atom is 0.173 e. The third-order valence-corrected chi connectivity index (χ3v) is 10.1. The van der Waals surface area contributed by atoms with Gasteiger partial charge in [-0.3, -0.25) is 0 Å². The fourth-order valence-electron chi connectivity index (χ4n) is 7.54. The molecule has 0 fully saturated rings. The summed E-state index contributed by atoms with van der Waals surface area (Å²) in [6.45, 7) is 22.0. The SMILES string of the molecule is CCC1=C(C)c2cc3oc(c(C)c3CC)c3oc(cc4[nH]c(cc5nc(cc1n2)C(CC)=C5CC)c(CC)c4C)c(CC)c3C. The first-order valence-electron chi connectivity index (χ1n) is 16.9. The summed E-state index contributed by atoms with van der Waals surface area (Å²) in [5, 5.41) is 0. The average molecular weight is 602 g/mol. The second-order valence-corrected chi connectivity index (χ2v) is 12.4. The lowest BCUT2D eigenvalue weighted by Gasteiger charge is -2.03. The van der Waals surface area contributed by atoms with Crippen molar-refractivity contribution in [1.29, 1.82) is 0 Å². The molecule has 0 saturated heterocycles. The number of H-pyrrole nitrogens is 1. The predicted molar refractivity (Wildman–Crippen MR) is 190 cm³/mol. The van der Waals surface area contributed by atoms with Crippen molar-refractivity contribution < 1.29 is 8.83 Å². The van der Waals surface area contributed by atoms with Crippen molar-refractivity contribution in [2.75, 3.05) is 0 Å². The van der Waals surface area contributed by atoms with E-state index in [-0.39, 0.29) is 0 Å². The van der Waals surface area contributed by atoms with Crippen molar-refractivity contribution in [2.45, 2.75) is 108 Å². The second-order valence-electron chi connectivity index (χ2n) is 12.4. The van der Waals surface area contributed by atoms with Crippen LogP contribution in [0, 0.1) is 20.8 Å². The Morgan fingerprint density at radius 2 is 0.978 bits per heavy atom. The molecule has 0 aromatic carbocycles. The van der Waals surface area contributed by atoms with Gasteiger partial charge < -0.3 is 13.8 Å². The van der Waals surface area contributed by atoms with Crippen LogP contribution in [0.15, 0.2) is 33.1 Å². The van der Waals surface area contributed by atoms with Crippen LogP contribution in [0.5, 0.6) is 0 Å². The minimum Gasteiger partial charge on any atom is -0.453 e. The predicted octanol–water partition coefficient (Wildman–Crippen LogP) is 11.6. The van der Waals surface area contributed by atoms with E-state index in [4.69, 9.17) is 18.8 Å². The molecule has 0 atom stereocenters. The first-order chi connectivity index (χ1) is 21.7. The minimum atomic E-state index is 0.814. The average Bonchev–Trinajstić information content (AvgIpc) is 3.77. The molecular formula is C40H47N3O2. The first-order valence-corrected chi connectivity index (χ1v) is 16.9. The lowest BCUT2D eigenvalue weighted by molar-refractivity contribution is 0.626. The van der Waals surface area contributed by atoms with Crippen molar-refractivity contribution in [1.82, 2.24) is 15.0 Å². The van der Waals surface area contributed by atoms with E-state index in [1.807, 2.05) is 0 Å². The molecule has 0 unspecified atom stereocenters. The fourth-order valence-corrected chi connectivity index (χ4v) is 7.54. The molecule has 0 aliphatic carbocycles. The van der Waals surface area contributed by atoms with Gasteiger partial charge in [-0.2, -0.15) is 0 Å². The Labute approximate surface area is 267 Å². The Morgan fingerprint density at radius 1 is 0.489 bits per heavy atom. The monoisotopic (exact) mass is 601 g/mol. The maximum atomic E-state index is 6.73. The van der Waals surface area contributed by atoms with Crippen molar-refractivity contribution in [3.8, 4) is 0 Å². The molecular weight excluding hydrogens is 554 g/mol. The van der Waals surface area contributed by atoms with Gasteiger partial charge in [-0.25, -0.2) is 9.97 Å². The highest BCUT2D eigenvalue weighted by Gasteiger charge is 2.22. The van der Waals surface area contributed by atoms with E-state index in [9.17, 15) is 0 Å². The zero-order valence-electron chi connectivity index (χ0n) is 28.8. The standard InChI is InChI=1S/C40H47N3O2/c1-11-25-21(7)31-19-37-27(13-3)23(9)39(44-37)40-24(10)28(14-4)38(45-40)20-32-22(8)26(12-2)34(42-32)18-36-30(16-6)29(15-5)35(43-36)17-33(25)41-31/h17-20,41H,11-16H2,1-10H3. The normalized spacial score (nSPS) is 13.5. The number of rotatable bonds is 6. The highest BCUT2D eigenvalue weighted by Crippen LogP contribution is 2.39. The Balaban J connectivity index is 1.86. The van der Waals surface area contributed by atoms with E-state index in [2.05, 4.69) is 98.5 Å². The van der Waals surface area contributed by atoms with Gasteiger partial charge in [0, 0.05) is 45.4 Å². The summed E-state index contributed by atoms with van der Waals surface area (Å²) in [4.78, 5) is 14.3. The van der Waals surface area contributed by atoms with E-state index in [1.54, 1.807) is 0 Å². The number of nitrogens with zero attached hydrogens (tertiary/aromatic N) is 2. The lowest BCUT2D eigenvalue weighted by atomic mass is 9.99. The van der Waals surface area contributed by atoms with Gasteiger partial charge >= 0.3 is 0 Å². The maximum absolute atomic E-state index is 6.73. The Hall–Kier alpha value is -4.12. The molecule has 5 nitrogen and oxygen atoms in total. The van der Waals surface area contributed by atoms with Crippen molar-refractivity contribution in [3.05, 3.63) is 80.4 Å². The number of furan rings is 2. The Bertz CT molecular complexity index is 2110. The van der Waals surface area contributed by atoms with E-state index in [1.165, 1.54) is 44.5 Å². The number of fused-ring (bicyclic) bond motifs is 11. The largest absolute Gasteiger partial charge is 0.453 e. The third kappa shape index (κ3) is 4.92. The highest BCUT2D eigenvalue weighted by atomic mass is 16.4. The van der Waals surface area contributed by atoms with Crippen LogP contribution >= 0.6 is 0 Å². The van der Waals surface area contributed by atoms with Gasteiger partial charge in [-0.05, 0) is 112 Å². The zero-order valence-corrected chi connectivity index (χ0v) is 28.8. The van der Waals surface area contributed by atoms with Crippen LogP contribution in [0.2, 0.25) is 0 Å². The van der Waals surface area contributed by atoms with Crippen LogP contribution in [0.3, 0.4) is 0 Å². The molecule has 1 N–H and O–H groups in total. The number of allylic oxidation sites excluding steroid dienone is 4. The quantitative estimate of drug-likeness (QED) is 0.239. The van der Waals surface area contributed by atoms with Gasteiger partial charge in [-0.1, -0.05) is 41.5 Å². The smallest absolute Gasteiger partial charge is 0.173 e. The number of hydrogen-bond donors (Lipinski definition) is 1. The molecule has 6 heterocycles.